The molecule has 2 aromatic rings. The standard InChI is InChI=1S/C25H35N5O2/c1-2-23-22(18-26-30(23)19-21-10-6-5-7-11-21)25(32)29-16-14-27(15-17-29)20-24(31)28-12-8-3-4-9-13-28/h5-7,10-11,18H,2-4,8-9,12-17,19-20H2,1H3. The van der Waals surface area contributed by atoms with Crippen LogP contribution in [0.1, 0.15) is 54.2 Å². The van der Waals surface area contributed by atoms with Gasteiger partial charge < -0.3 is 9.80 Å². The first kappa shape index (κ1) is 22.5. The van der Waals surface area contributed by atoms with Crippen LogP contribution in [0.5, 0.6) is 0 Å². The van der Waals surface area contributed by atoms with Crippen molar-refractivity contribution in [1.29, 1.82) is 0 Å². The molecule has 1 aromatic heterocycles. The van der Waals surface area contributed by atoms with Gasteiger partial charge in [-0.1, -0.05) is 50.1 Å². The summed E-state index contributed by atoms with van der Waals surface area (Å²) in [6, 6.07) is 10.2. The molecule has 7 heteroatoms. The highest BCUT2D eigenvalue weighted by molar-refractivity contribution is 5.95. The lowest BCUT2D eigenvalue weighted by Gasteiger charge is -2.35. The monoisotopic (exact) mass is 437 g/mol. The van der Waals surface area contributed by atoms with Gasteiger partial charge in [-0.15, -0.1) is 0 Å². The molecule has 2 saturated heterocycles. The van der Waals surface area contributed by atoms with Gasteiger partial charge in [-0.05, 0) is 24.8 Å². The van der Waals surface area contributed by atoms with E-state index in [-0.39, 0.29) is 11.8 Å². The van der Waals surface area contributed by atoms with Crippen molar-refractivity contribution in [2.45, 2.75) is 45.6 Å². The molecule has 2 aliphatic rings. The molecule has 7 nitrogen and oxygen atoms in total. The molecule has 0 aliphatic carbocycles. The van der Waals surface area contributed by atoms with Crippen molar-refractivity contribution in [3.05, 3.63) is 53.3 Å². The smallest absolute Gasteiger partial charge is 0.257 e. The van der Waals surface area contributed by atoms with Gasteiger partial charge in [-0.25, -0.2) is 0 Å². The van der Waals surface area contributed by atoms with Gasteiger partial charge in [-0.3, -0.25) is 19.2 Å². The second-order valence-electron chi connectivity index (χ2n) is 8.87. The summed E-state index contributed by atoms with van der Waals surface area (Å²) in [5.41, 5.74) is 2.86. The summed E-state index contributed by atoms with van der Waals surface area (Å²) < 4.78 is 1.94. The highest BCUT2D eigenvalue weighted by atomic mass is 16.2. The van der Waals surface area contributed by atoms with Gasteiger partial charge >= 0.3 is 0 Å². The number of nitrogens with zero attached hydrogens (tertiary/aromatic N) is 5. The summed E-state index contributed by atoms with van der Waals surface area (Å²) in [6.07, 6.45) is 7.17. The van der Waals surface area contributed by atoms with E-state index in [0.717, 1.165) is 51.1 Å². The summed E-state index contributed by atoms with van der Waals surface area (Å²) in [6.45, 7) is 7.78. The zero-order valence-electron chi connectivity index (χ0n) is 19.2. The Hall–Kier alpha value is -2.67. The Morgan fingerprint density at radius 1 is 0.875 bits per heavy atom. The Morgan fingerprint density at radius 2 is 1.56 bits per heavy atom. The highest BCUT2D eigenvalue weighted by Gasteiger charge is 2.27. The van der Waals surface area contributed by atoms with Gasteiger partial charge in [0.25, 0.3) is 5.91 Å². The Labute approximate surface area is 191 Å². The predicted molar refractivity (Wildman–Crippen MR) is 125 cm³/mol. The zero-order valence-corrected chi connectivity index (χ0v) is 19.2. The van der Waals surface area contributed by atoms with Gasteiger partial charge in [0, 0.05) is 39.3 Å². The fraction of sp³-hybridized carbons (Fsp3) is 0.560. The molecular formula is C25H35N5O2. The second kappa shape index (κ2) is 10.8. The van der Waals surface area contributed by atoms with E-state index in [0.29, 0.717) is 31.7 Å². The first-order valence-electron chi connectivity index (χ1n) is 12.0. The lowest BCUT2D eigenvalue weighted by atomic mass is 10.1. The van der Waals surface area contributed by atoms with Gasteiger partial charge in [0.05, 0.1) is 30.5 Å². The maximum atomic E-state index is 13.2. The van der Waals surface area contributed by atoms with Crippen LogP contribution in [0.15, 0.2) is 36.5 Å². The Morgan fingerprint density at radius 3 is 2.22 bits per heavy atom. The molecule has 4 rings (SSSR count). The van der Waals surface area contributed by atoms with Crippen molar-refractivity contribution >= 4 is 11.8 Å². The van der Waals surface area contributed by atoms with Crippen LogP contribution in [0, 0.1) is 0 Å². The normalized spacial score (nSPS) is 17.9. The van der Waals surface area contributed by atoms with Crippen molar-refractivity contribution in [3.63, 3.8) is 0 Å². The lowest BCUT2D eigenvalue weighted by molar-refractivity contribution is -0.132. The third-order valence-electron chi connectivity index (χ3n) is 6.67. The van der Waals surface area contributed by atoms with Gasteiger partial charge in [0.2, 0.25) is 5.91 Å². The van der Waals surface area contributed by atoms with Crippen LogP contribution in [-0.2, 0) is 17.8 Å². The van der Waals surface area contributed by atoms with E-state index in [2.05, 4.69) is 29.1 Å². The maximum Gasteiger partial charge on any atom is 0.257 e. The van der Waals surface area contributed by atoms with E-state index in [1.807, 2.05) is 32.7 Å². The van der Waals surface area contributed by atoms with E-state index in [9.17, 15) is 9.59 Å². The minimum absolute atomic E-state index is 0.0552. The fourth-order valence-corrected chi connectivity index (χ4v) is 4.75. The third-order valence-corrected chi connectivity index (χ3v) is 6.67. The largest absolute Gasteiger partial charge is 0.342 e. The Bertz CT molecular complexity index is 894. The van der Waals surface area contributed by atoms with E-state index in [1.54, 1.807) is 6.20 Å². The van der Waals surface area contributed by atoms with Crippen LogP contribution in [-0.4, -0.2) is 82.1 Å². The molecular weight excluding hydrogens is 402 g/mol. The van der Waals surface area contributed by atoms with Crippen molar-refractivity contribution < 1.29 is 9.59 Å². The number of carbonyl (C=O) groups excluding carboxylic acids is 2. The first-order valence-corrected chi connectivity index (χ1v) is 12.0. The van der Waals surface area contributed by atoms with E-state index < -0.39 is 0 Å². The molecule has 1 aromatic carbocycles. The molecule has 0 bridgehead atoms. The molecule has 0 atom stereocenters. The minimum atomic E-state index is 0.0552. The number of amides is 2. The van der Waals surface area contributed by atoms with Crippen LogP contribution in [0.4, 0.5) is 0 Å². The summed E-state index contributed by atoms with van der Waals surface area (Å²) in [4.78, 5) is 32.1. The molecule has 3 heterocycles. The summed E-state index contributed by atoms with van der Waals surface area (Å²) in [5, 5.41) is 4.52. The van der Waals surface area contributed by atoms with Crippen molar-refractivity contribution in [3.8, 4) is 0 Å². The average molecular weight is 438 g/mol. The summed E-state index contributed by atoms with van der Waals surface area (Å²) >= 11 is 0. The van der Waals surface area contributed by atoms with Gasteiger partial charge in [-0.2, -0.15) is 5.10 Å². The molecule has 2 amide bonds. The quantitative estimate of drug-likeness (QED) is 0.697. The van der Waals surface area contributed by atoms with Crippen molar-refractivity contribution in [2.75, 3.05) is 45.8 Å². The predicted octanol–water partition coefficient (Wildman–Crippen LogP) is 2.65. The Kier molecular flexibility index (Phi) is 7.58. The molecule has 0 saturated carbocycles. The van der Waals surface area contributed by atoms with Crippen molar-refractivity contribution in [2.24, 2.45) is 0 Å². The number of benzene rings is 1. The van der Waals surface area contributed by atoms with Gasteiger partial charge in [0.1, 0.15) is 0 Å². The molecule has 0 radical (unpaired) electrons. The number of likely N-dealkylation sites (tertiary alicyclic amines) is 1. The molecule has 0 spiro atoms. The number of hydrogen-bond donors (Lipinski definition) is 0. The molecule has 32 heavy (non-hydrogen) atoms. The number of rotatable bonds is 6. The molecule has 2 fully saturated rings. The SMILES string of the molecule is CCc1c(C(=O)N2CCN(CC(=O)N3CCCCCC3)CC2)cnn1Cc1ccccc1. The number of piperazine rings is 1. The van der Waals surface area contributed by atoms with Crippen LogP contribution in [0.25, 0.3) is 0 Å². The van der Waals surface area contributed by atoms with Crippen molar-refractivity contribution in [1.82, 2.24) is 24.5 Å². The third kappa shape index (κ3) is 5.38. The number of carbonyl (C=O) groups is 2. The first-order chi connectivity index (χ1) is 15.7. The molecule has 2 aliphatic heterocycles. The number of aromatic nitrogens is 2. The van der Waals surface area contributed by atoms with Crippen LogP contribution < -0.4 is 0 Å². The van der Waals surface area contributed by atoms with Crippen LogP contribution in [0.3, 0.4) is 0 Å². The average Bonchev–Trinajstić information content (AvgIpc) is 3.03. The van der Waals surface area contributed by atoms with Gasteiger partial charge in [0.15, 0.2) is 0 Å². The second-order valence-corrected chi connectivity index (χ2v) is 8.87. The number of hydrogen-bond acceptors (Lipinski definition) is 4. The van der Waals surface area contributed by atoms with E-state index in [4.69, 9.17) is 0 Å². The summed E-state index contributed by atoms with van der Waals surface area (Å²) in [5.74, 6) is 0.293. The molecule has 0 unspecified atom stereocenters. The Balaban J connectivity index is 1.33. The van der Waals surface area contributed by atoms with Crippen LogP contribution in [0.2, 0.25) is 0 Å². The fourth-order valence-electron chi connectivity index (χ4n) is 4.75. The van der Waals surface area contributed by atoms with Crippen LogP contribution >= 0.6 is 0 Å². The maximum absolute atomic E-state index is 13.2. The molecule has 172 valence electrons. The lowest BCUT2D eigenvalue weighted by Crippen LogP contribution is -2.51. The zero-order chi connectivity index (χ0) is 22.3. The highest BCUT2D eigenvalue weighted by Crippen LogP contribution is 2.17. The topological polar surface area (TPSA) is 61.7 Å². The van der Waals surface area contributed by atoms with E-state index in [1.165, 1.54) is 18.4 Å². The minimum Gasteiger partial charge on any atom is -0.342 e. The van der Waals surface area contributed by atoms with E-state index >= 15 is 0 Å². The molecule has 0 N–H and O–H groups in total. The summed E-state index contributed by atoms with van der Waals surface area (Å²) in [7, 11) is 0.